The van der Waals surface area contributed by atoms with E-state index < -0.39 is 0 Å². The summed E-state index contributed by atoms with van der Waals surface area (Å²) in [7, 11) is 1.78. The van der Waals surface area contributed by atoms with Crippen molar-refractivity contribution in [1.82, 2.24) is 25.4 Å². The number of ether oxygens (including phenoxy) is 1. The molecule has 2 heterocycles. The lowest BCUT2D eigenvalue weighted by Gasteiger charge is -2.16. The molecule has 7 nitrogen and oxygen atoms in total. The average Bonchev–Trinajstić information content (AvgIpc) is 2.98. The Kier molecular flexibility index (Phi) is 11.8. The lowest BCUT2D eigenvalue weighted by molar-refractivity contribution is 0.185. The molecular weight excluding hydrogens is 491 g/mol. The van der Waals surface area contributed by atoms with Crippen LogP contribution in [0.4, 0.5) is 0 Å². The highest BCUT2D eigenvalue weighted by atomic mass is 127. The predicted molar refractivity (Wildman–Crippen MR) is 134 cm³/mol. The average molecular weight is 528 g/mol. The first kappa shape index (κ1) is 26.2. The minimum absolute atomic E-state index is 0. The minimum atomic E-state index is 0. The van der Waals surface area contributed by atoms with Crippen LogP contribution >= 0.6 is 24.0 Å². The van der Waals surface area contributed by atoms with Crippen molar-refractivity contribution in [2.45, 2.75) is 66.7 Å². The van der Waals surface area contributed by atoms with Crippen molar-refractivity contribution >= 4 is 29.9 Å². The molecule has 0 aliphatic rings. The Hall–Kier alpha value is -1.84. The number of nitrogens with one attached hydrogen (secondary N) is 2. The number of guanidine groups is 1. The first-order chi connectivity index (χ1) is 13.9. The lowest BCUT2D eigenvalue weighted by Crippen LogP contribution is -2.37. The van der Waals surface area contributed by atoms with Gasteiger partial charge in [0.1, 0.15) is 0 Å². The van der Waals surface area contributed by atoms with Crippen molar-refractivity contribution in [3.8, 4) is 5.88 Å². The summed E-state index contributed by atoms with van der Waals surface area (Å²) in [5, 5.41) is 11.2. The van der Waals surface area contributed by atoms with E-state index in [4.69, 9.17) is 4.74 Å². The van der Waals surface area contributed by atoms with E-state index in [0.29, 0.717) is 18.3 Å². The highest BCUT2D eigenvalue weighted by molar-refractivity contribution is 14.0. The van der Waals surface area contributed by atoms with Crippen molar-refractivity contribution in [1.29, 1.82) is 0 Å². The van der Waals surface area contributed by atoms with E-state index in [1.165, 1.54) is 5.69 Å². The van der Waals surface area contributed by atoms with Crippen LogP contribution in [0.1, 0.15) is 50.6 Å². The molecule has 30 heavy (non-hydrogen) atoms. The Labute approximate surface area is 198 Å². The summed E-state index contributed by atoms with van der Waals surface area (Å²) in [4.78, 5) is 8.63. The number of hydrogen-bond acceptors (Lipinski definition) is 4. The van der Waals surface area contributed by atoms with E-state index >= 15 is 0 Å². The fraction of sp³-hybridized carbons (Fsp3) is 0.591. The van der Waals surface area contributed by atoms with E-state index in [1.54, 1.807) is 13.2 Å². The standard InChI is InChI=1S/C22H36N6O.HI/c1-16(2)12-19(5)29-21-14-20(8-10-24-21)15-26-22(23-6)25-9-7-11-28-18(4)13-17(3)27-28;/h8,10,13-14,16,19H,7,9,11-12,15H2,1-6H3,(H2,23,25,26);1H. The third-order valence-corrected chi connectivity index (χ3v) is 4.55. The van der Waals surface area contributed by atoms with Crippen LogP contribution in [-0.2, 0) is 13.1 Å². The lowest BCUT2D eigenvalue weighted by atomic mass is 10.1. The van der Waals surface area contributed by atoms with Gasteiger partial charge < -0.3 is 15.4 Å². The van der Waals surface area contributed by atoms with Crippen molar-refractivity contribution < 1.29 is 4.74 Å². The Morgan fingerprint density at radius 1 is 1.20 bits per heavy atom. The second-order valence-electron chi connectivity index (χ2n) is 7.92. The van der Waals surface area contributed by atoms with Crippen LogP contribution in [0.25, 0.3) is 0 Å². The molecule has 0 saturated heterocycles. The first-order valence-electron chi connectivity index (χ1n) is 10.4. The molecule has 1 atom stereocenters. The van der Waals surface area contributed by atoms with Crippen molar-refractivity contribution in [2.24, 2.45) is 10.9 Å². The third-order valence-electron chi connectivity index (χ3n) is 4.55. The van der Waals surface area contributed by atoms with Crippen LogP contribution in [0.15, 0.2) is 29.4 Å². The van der Waals surface area contributed by atoms with Gasteiger partial charge in [0.2, 0.25) is 5.88 Å². The van der Waals surface area contributed by atoms with Crippen LogP contribution in [0.2, 0.25) is 0 Å². The van der Waals surface area contributed by atoms with E-state index in [-0.39, 0.29) is 30.1 Å². The molecule has 0 radical (unpaired) electrons. The van der Waals surface area contributed by atoms with Crippen molar-refractivity contribution in [3.05, 3.63) is 41.3 Å². The second kappa shape index (κ2) is 13.5. The van der Waals surface area contributed by atoms with Gasteiger partial charge in [-0.15, -0.1) is 24.0 Å². The van der Waals surface area contributed by atoms with Gasteiger partial charge in [-0.05, 0) is 57.2 Å². The van der Waals surface area contributed by atoms with Crippen LogP contribution in [0.5, 0.6) is 5.88 Å². The number of halogens is 1. The van der Waals surface area contributed by atoms with E-state index in [1.807, 2.05) is 23.7 Å². The van der Waals surface area contributed by atoms with Gasteiger partial charge in [-0.25, -0.2) is 4.98 Å². The number of hydrogen-bond donors (Lipinski definition) is 2. The number of aromatic nitrogens is 3. The molecule has 2 aromatic rings. The van der Waals surface area contributed by atoms with E-state index in [0.717, 1.165) is 43.1 Å². The van der Waals surface area contributed by atoms with Crippen LogP contribution in [0.3, 0.4) is 0 Å². The van der Waals surface area contributed by atoms with Crippen molar-refractivity contribution in [3.63, 3.8) is 0 Å². The largest absolute Gasteiger partial charge is 0.475 e. The van der Waals surface area contributed by atoms with E-state index in [9.17, 15) is 0 Å². The summed E-state index contributed by atoms with van der Waals surface area (Å²) in [5.74, 6) is 2.06. The van der Waals surface area contributed by atoms with Gasteiger partial charge in [-0.1, -0.05) is 13.8 Å². The summed E-state index contributed by atoms with van der Waals surface area (Å²) in [6.07, 6.45) is 3.93. The maximum Gasteiger partial charge on any atom is 0.213 e. The van der Waals surface area contributed by atoms with Gasteiger partial charge in [0.25, 0.3) is 0 Å². The van der Waals surface area contributed by atoms with Crippen LogP contribution in [0, 0.1) is 19.8 Å². The zero-order valence-electron chi connectivity index (χ0n) is 19.1. The fourth-order valence-electron chi connectivity index (χ4n) is 3.29. The summed E-state index contributed by atoms with van der Waals surface area (Å²) >= 11 is 0. The molecule has 0 aliphatic carbocycles. The Bertz CT molecular complexity index is 790. The summed E-state index contributed by atoms with van der Waals surface area (Å²) in [6.45, 7) is 13.0. The highest BCUT2D eigenvalue weighted by Crippen LogP contribution is 2.14. The molecule has 2 aromatic heterocycles. The molecule has 0 saturated carbocycles. The molecule has 0 spiro atoms. The maximum absolute atomic E-state index is 5.94. The van der Waals surface area contributed by atoms with E-state index in [2.05, 4.69) is 59.5 Å². The minimum Gasteiger partial charge on any atom is -0.475 e. The molecular formula is C22H37IN6O. The predicted octanol–water partition coefficient (Wildman–Crippen LogP) is 4.08. The third kappa shape index (κ3) is 9.32. The number of pyridine rings is 1. The number of nitrogens with zero attached hydrogens (tertiary/aromatic N) is 4. The summed E-state index contributed by atoms with van der Waals surface area (Å²) in [5.41, 5.74) is 3.37. The molecule has 0 amide bonds. The molecule has 168 valence electrons. The van der Waals surface area contributed by atoms with Gasteiger partial charge in [0, 0.05) is 44.6 Å². The van der Waals surface area contributed by atoms with Gasteiger partial charge in [-0.3, -0.25) is 9.67 Å². The first-order valence-corrected chi connectivity index (χ1v) is 10.4. The summed E-state index contributed by atoms with van der Waals surface area (Å²) in [6, 6.07) is 6.08. The number of rotatable bonds is 10. The zero-order valence-corrected chi connectivity index (χ0v) is 21.4. The molecule has 2 rings (SSSR count). The van der Waals surface area contributed by atoms with Crippen molar-refractivity contribution in [2.75, 3.05) is 13.6 Å². The normalized spacial score (nSPS) is 12.4. The topological polar surface area (TPSA) is 76.4 Å². The Balaban J connectivity index is 0.00000450. The molecule has 0 aromatic carbocycles. The fourth-order valence-corrected chi connectivity index (χ4v) is 3.29. The van der Waals surface area contributed by atoms with Gasteiger partial charge >= 0.3 is 0 Å². The Morgan fingerprint density at radius 3 is 2.60 bits per heavy atom. The van der Waals surface area contributed by atoms with Crippen LogP contribution < -0.4 is 15.4 Å². The zero-order chi connectivity index (χ0) is 21.2. The van der Waals surface area contributed by atoms with Gasteiger partial charge in [-0.2, -0.15) is 5.10 Å². The monoisotopic (exact) mass is 528 g/mol. The SMILES string of the molecule is CN=C(NCCCn1nc(C)cc1C)NCc1ccnc(OC(C)CC(C)C)c1.I. The van der Waals surface area contributed by atoms with Gasteiger partial charge in [0.15, 0.2) is 5.96 Å². The molecule has 0 aliphatic heterocycles. The second-order valence-corrected chi connectivity index (χ2v) is 7.92. The van der Waals surface area contributed by atoms with Gasteiger partial charge in [0.05, 0.1) is 11.8 Å². The Morgan fingerprint density at radius 2 is 1.97 bits per heavy atom. The molecule has 8 heteroatoms. The number of aryl methyl sites for hydroxylation is 3. The molecule has 0 fully saturated rings. The number of aliphatic imine (C=N–C) groups is 1. The molecule has 0 bridgehead atoms. The smallest absolute Gasteiger partial charge is 0.213 e. The highest BCUT2D eigenvalue weighted by Gasteiger charge is 2.08. The molecule has 2 N–H and O–H groups in total. The molecule has 1 unspecified atom stereocenters. The summed E-state index contributed by atoms with van der Waals surface area (Å²) < 4.78 is 7.99. The maximum atomic E-state index is 5.94. The van der Waals surface area contributed by atoms with Crippen LogP contribution in [-0.4, -0.2) is 40.4 Å². The quantitative estimate of drug-likeness (QED) is 0.210.